The van der Waals surface area contributed by atoms with Crippen LogP contribution in [-0.4, -0.2) is 31.8 Å². The molecule has 1 heterocycles. The summed E-state index contributed by atoms with van der Waals surface area (Å²) in [4.78, 5) is 12.4. The maximum absolute atomic E-state index is 12.0. The van der Waals surface area contributed by atoms with Gasteiger partial charge in [0, 0.05) is 0 Å². The SMILES string of the molecule is COc1cc(OC(F)(F)F)nc(S(N)(=O)=O)c1[N+](=O)[O-]. The van der Waals surface area contributed by atoms with Crippen molar-refractivity contribution in [3.63, 3.8) is 0 Å². The van der Waals surface area contributed by atoms with E-state index in [1.165, 1.54) is 0 Å². The minimum Gasteiger partial charge on any atom is -0.490 e. The maximum Gasteiger partial charge on any atom is 0.574 e. The summed E-state index contributed by atoms with van der Waals surface area (Å²) in [5.74, 6) is -2.06. The van der Waals surface area contributed by atoms with E-state index in [0.717, 1.165) is 7.11 Å². The second-order valence-electron chi connectivity index (χ2n) is 3.17. The lowest BCUT2D eigenvalue weighted by atomic mass is 10.4. The number of pyridine rings is 1. The number of ether oxygens (including phenoxy) is 2. The van der Waals surface area contributed by atoms with Crippen molar-refractivity contribution in [1.29, 1.82) is 0 Å². The average Bonchev–Trinajstić information content (AvgIpc) is 2.23. The molecule has 0 aromatic carbocycles. The van der Waals surface area contributed by atoms with Crippen LogP contribution in [0.2, 0.25) is 0 Å². The average molecular weight is 317 g/mol. The number of nitro groups is 1. The van der Waals surface area contributed by atoms with Gasteiger partial charge >= 0.3 is 12.0 Å². The molecule has 0 fully saturated rings. The van der Waals surface area contributed by atoms with Gasteiger partial charge in [0.15, 0.2) is 0 Å². The fourth-order valence-corrected chi connectivity index (χ4v) is 1.83. The second kappa shape index (κ2) is 5.09. The Labute approximate surface area is 109 Å². The number of halogens is 3. The van der Waals surface area contributed by atoms with Crippen LogP contribution in [0.3, 0.4) is 0 Å². The first-order valence-electron chi connectivity index (χ1n) is 4.47. The summed E-state index contributed by atoms with van der Waals surface area (Å²) in [7, 11) is -3.89. The van der Waals surface area contributed by atoms with Crippen molar-refractivity contribution in [3.8, 4) is 11.6 Å². The molecule has 1 aromatic heterocycles. The van der Waals surface area contributed by atoms with E-state index in [-0.39, 0.29) is 0 Å². The van der Waals surface area contributed by atoms with E-state index in [1.54, 1.807) is 0 Å². The molecule has 1 rings (SSSR count). The quantitative estimate of drug-likeness (QED) is 0.632. The normalized spacial score (nSPS) is 12.1. The third kappa shape index (κ3) is 3.67. The zero-order valence-corrected chi connectivity index (χ0v) is 10.4. The van der Waals surface area contributed by atoms with Crippen molar-refractivity contribution < 1.29 is 36.0 Å². The number of hydrogen-bond acceptors (Lipinski definition) is 7. The van der Waals surface area contributed by atoms with Crippen molar-refractivity contribution in [2.45, 2.75) is 11.4 Å². The molecule has 0 unspecified atom stereocenters. The molecule has 0 saturated heterocycles. The van der Waals surface area contributed by atoms with Crippen LogP contribution in [0.5, 0.6) is 11.6 Å². The Balaban J connectivity index is 3.61. The molecule has 2 N–H and O–H groups in total. The van der Waals surface area contributed by atoms with Gasteiger partial charge in [-0.25, -0.2) is 13.6 Å². The third-order valence-electron chi connectivity index (χ3n) is 1.79. The Kier molecular flexibility index (Phi) is 4.04. The lowest BCUT2D eigenvalue weighted by Crippen LogP contribution is -2.21. The topological polar surface area (TPSA) is 135 Å². The predicted octanol–water partition coefficient (Wildman–Crippen LogP) is 0.544. The second-order valence-corrected chi connectivity index (χ2v) is 4.64. The van der Waals surface area contributed by atoms with Crippen LogP contribution in [0.4, 0.5) is 18.9 Å². The van der Waals surface area contributed by atoms with Gasteiger partial charge in [-0.05, 0) is 0 Å². The minimum atomic E-state index is -5.18. The van der Waals surface area contributed by atoms with Gasteiger partial charge in [0.1, 0.15) is 0 Å². The van der Waals surface area contributed by atoms with Gasteiger partial charge in [0.05, 0.1) is 18.1 Å². The molecule has 9 nitrogen and oxygen atoms in total. The summed E-state index contributed by atoms with van der Waals surface area (Å²) >= 11 is 0. The molecule has 20 heavy (non-hydrogen) atoms. The van der Waals surface area contributed by atoms with Crippen molar-refractivity contribution >= 4 is 15.7 Å². The summed E-state index contributed by atoms with van der Waals surface area (Å²) in [6.07, 6.45) is -5.18. The van der Waals surface area contributed by atoms with E-state index in [1.807, 2.05) is 0 Å². The van der Waals surface area contributed by atoms with Gasteiger partial charge in [-0.2, -0.15) is 4.98 Å². The van der Waals surface area contributed by atoms with E-state index >= 15 is 0 Å². The number of nitrogens with two attached hydrogens (primary N) is 1. The molecule has 1 aromatic rings. The summed E-state index contributed by atoms with van der Waals surface area (Å²) in [6.45, 7) is 0. The van der Waals surface area contributed by atoms with E-state index < -0.39 is 43.7 Å². The Bertz CT molecular complexity index is 644. The number of nitrogens with zero attached hydrogens (tertiary/aromatic N) is 2. The highest BCUT2D eigenvalue weighted by molar-refractivity contribution is 7.89. The largest absolute Gasteiger partial charge is 0.574 e. The fraction of sp³-hybridized carbons (Fsp3) is 0.286. The lowest BCUT2D eigenvalue weighted by molar-refractivity contribution is -0.389. The van der Waals surface area contributed by atoms with Gasteiger partial charge in [-0.1, -0.05) is 0 Å². The molecule has 0 aliphatic carbocycles. The highest BCUT2D eigenvalue weighted by Crippen LogP contribution is 2.36. The molecular weight excluding hydrogens is 311 g/mol. The highest BCUT2D eigenvalue weighted by Gasteiger charge is 2.36. The van der Waals surface area contributed by atoms with Gasteiger partial charge in [-0.15, -0.1) is 13.2 Å². The van der Waals surface area contributed by atoms with Crippen molar-refractivity contribution in [2.24, 2.45) is 5.14 Å². The summed E-state index contributed by atoms with van der Waals surface area (Å²) in [5, 5.41) is 14.0. The smallest absolute Gasteiger partial charge is 0.490 e. The molecule has 0 amide bonds. The van der Waals surface area contributed by atoms with E-state index in [0.29, 0.717) is 6.07 Å². The lowest BCUT2D eigenvalue weighted by Gasteiger charge is -2.11. The van der Waals surface area contributed by atoms with Crippen LogP contribution in [0.25, 0.3) is 0 Å². The Hall–Kier alpha value is -2.15. The van der Waals surface area contributed by atoms with Crippen LogP contribution in [0.15, 0.2) is 11.1 Å². The molecule has 0 saturated carbocycles. The first kappa shape index (κ1) is 15.9. The maximum atomic E-state index is 12.0. The molecule has 13 heteroatoms. The number of hydrogen-bond donors (Lipinski definition) is 1. The Morgan fingerprint density at radius 3 is 2.35 bits per heavy atom. The standard InChI is InChI=1S/C7H6F3N3O6S/c1-18-3-2-4(19-7(8,9)10)12-6(20(11,16)17)5(3)13(14)15/h2H,1H3,(H2,11,16,17). The van der Waals surface area contributed by atoms with Gasteiger partial charge in [-0.3, -0.25) is 10.1 Å². The summed E-state index contributed by atoms with van der Waals surface area (Å²) in [6, 6.07) is 0.417. The molecular formula is C7H6F3N3O6S. The first-order chi connectivity index (χ1) is 8.95. The van der Waals surface area contributed by atoms with Crippen LogP contribution < -0.4 is 14.6 Å². The molecule has 112 valence electrons. The first-order valence-corrected chi connectivity index (χ1v) is 6.02. The summed E-state index contributed by atoms with van der Waals surface area (Å²) in [5.41, 5.74) is -1.19. The Morgan fingerprint density at radius 2 is 2.00 bits per heavy atom. The van der Waals surface area contributed by atoms with Crippen molar-refractivity contribution in [1.82, 2.24) is 4.98 Å². The number of rotatable bonds is 4. The minimum absolute atomic E-state index is 0.417. The number of methoxy groups -OCH3 is 1. The van der Waals surface area contributed by atoms with E-state index in [2.05, 4.69) is 19.6 Å². The zero-order chi connectivity index (χ0) is 15.7. The summed E-state index contributed by atoms with van der Waals surface area (Å²) < 4.78 is 66.3. The fourth-order valence-electron chi connectivity index (χ4n) is 1.16. The number of sulfonamides is 1. The highest BCUT2D eigenvalue weighted by atomic mass is 32.2. The van der Waals surface area contributed by atoms with Crippen LogP contribution in [0.1, 0.15) is 0 Å². The molecule has 0 aliphatic rings. The van der Waals surface area contributed by atoms with Crippen LogP contribution in [-0.2, 0) is 10.0 Å². The van der Waals surface area contributed by atoms with Crippen molar-refractivity contribution in [2.75, 3.05) is 7.11 Å². The molecule has 0 aliphatic heterocycles. The van der Waals surface area contributed by atoms with Crippen LogP contribution in [0, 0.1) is 10.1 Å². The Morgan fingerprint density at radius 1 is 1.45 bits per heavy atom. The monoisotopic (exact) mass is 317 g/mol. The predicted molar refractivity (Wildman–Crippen MR) is 55.5 cm³/mol. The number of alkyl halides is 3. The van der Waals surface area contributed by atoms with Gasteiger partial charge in [0.25, 0.3) is 15.0 Å². The van der Waals surface area contributed by atoms with Gasteiger partial charge < -0.3 is 9.47 Å². The van der Waals surface area contributed by atoms with E-state index in [9.17, 15) is 31.7 Å². The van der Waals surface area contributed by atoms with Crippen LogP contribution >= 0.6 is 0 Å². The molecule has 0 atom stereocenters. The molecule has 0 spiro atoms. The van der Waals surface area contributed by atoms with Crippen molar-refractivity contribution in [3.05, 3.63) is 16.2 Å². The zero-order valence-electron chi connectivity index (χ0n) is 9.54. The number of aromatic nitrogens is 1. The number of primary sulfonamides is 1. The molecule has 0 radical (unpaired) electrons. The van der Waals surface area contributed by atoms with Gasteiger partial charge in [0.2, 0.25) is 11.6 Å². The van der Waals surface area contributed by atoms with E-state index in [4.69, 9.17) is 0 Å². The third-order valence-corrected chi connectivity index (χ3v) is 2.62. The molecule has 0 bridgehead atoms.